The Morgan fingerprint density at radius 2 is 0.590 bits per heavy atom. The van der Waals surface area contributed by atoms with E-state index in [0.29, 0.717) is 31.6 Å². The minimum Gasteiger partial charge on any atom is -0.462 e. The zero-order chi connectivity index (χ0) is 73.7. The minimum absolute atomic E-state index is 0.0841. The van der Waals surface area contributed by atoms with Gasteiger partial charge >= 0.3 is 39.5 Å². The second kappa shape index (κ2) is 70.8. The molecule has 0 spiro atoms. The van der Waals surface area contributed by atoms with E-state index in [9.17, 15) is 43.2 Å². The van der Waals surface area contributed by atoms with Crippen molar-refractivity contribution in [1.82, 2.24) is 0 Å². The van der Waals surface area contributed by atoms with Gasteiger partial charge in [-0.05, 0) is 69.1 Å². The van der Waals surface area contributed by atoms with E-state index < -0.39 is 97.5 Å². The highest BCUT2D eigenvalue weighted by molar-refractivity contribution is 7.47. The molecule has 100 heavy (non-hydrogen) atoms. The molecule has 0 aliphatic rings. The van der Waals surface area contributed by atoms with Crippen LogP contribution in [-0.4, -0.2) is 96.7 Å². The third-order valence-electron chi connectivity index (χ3n) is 18.6. The molecule has 0 aromatic heterocycles. The summed E-state index contributed by atoms with van der Waals surface area (Å²) in [6.07, 6.45) is 61.8. The maximum absolute atomic E-state index is 13.1. The standard InChI is InChI=1S/C81H154O17P2/c1-8-10-11-12-13-14-15-16-17-25-30-35-42-50-57-64-81(86)98-77(69-92-79(84)63-56-49-44-37-39-46-53-60-73(5)6)71-96-100(89,90)94-67-75(82)66-93-99(87,88)95-70-76(97-80(85)65-58-51-43-36-31-26-20-18-22-27-32-38-45-52-59-72(3)4)68-91-78(83)62-55-48-41-34-29-24-21-19-23-28-33-40-47-54-61-74(7)9-2/h14-17,72-77,82H,8-13,18-71H2,1-7H3,(H,87,88)(H,89,90)/b15-14-,17-16-/t74?,75?,76-,77-/m1/s1. The van der Waals surface area contributed by atoms with E-state index in [0.717, 1.165) is 121 Å². The highest BCUT2D eigenvalue weighted by atomic mass is 31.2. The van der Waals surface area contributed by atoms with Crippen LogP contribution >= 0.6 is 15.6 Å². The smallest absolute Gasteiger partial charge is 0.462 e. The zero-order valence-electron chi connectivity index (χ0n) is 65.2. The van der Waals surface area contributed by atoms with Crippen molar-refractivity contribution in [3.63, 3.8) is 0 Å². The number of ether oxygens (including phenoxy) is 4. The lowest BCUT2D eigenvalue weighted by molar-refractivity contribution is -0.161. The molecule has 19 heteroatoms. The number of esters is 4. The van der Waals surface area contributed by atoms with Gasteiger partial charge < -0.3 is 33.8 Å². The molecule has 0 rings (SSSR count). The molecule has 4 unspecified atom stereocenters. The summed E-state index contributed by atoms with van der Waals surface area (Å²) in [6.45, 7) is 11.9. The Balaban J connectivity index is 5.28. The third kappa shape index (κ3) is 72.5. The molecular weight excluding hydrogens is 1310 g/mol. The molecule has 0 aliphatic carbocycles. The fourth-order valence-corrected chi connectivity index (χ4v) is 13.5. The Bertz CT molecular complexity index is 2040. The molecule has 0 saturated carbocycles. The number of aliphatic hydroxyl groups excluding tert-OH is 1. The molecule has 6 atom stereocenters. The predicted octanol–water partition coefficient (Wildman–Crippen LogP) is 23.7. The van der Waals surface area contributed by atoms with Crippen molar-refractivity contribution in [1.29, 1.82) is 0 Å². The van der Waals surface area contributed by atoms with Crippen LogP contribution in [0.1, 0.15) is 395 Å². The maximum Gasteiger partial charge on any atom is 0.472 e. The van der Waals surface area contributed by atoms with Gasteiger partial charge in [-0.25, -0.2) is 9.13 Å². The van der Waals surface area contributed by atoms with Crippen LogP contribution in [0.25, 0.3) is 0 Å². The molecule has 0 bridgehead atoms. The Kier molecular flexibility index (Phi) is 69.1. The van der Waals surface area contributed by atoms with Crippen LogP contribution in [0.2, 0.25) is 0 Å². The zero-order valence-corrected chi connectivity index (χ0v) is 66.9. The first kappa shape index (κ1) is 97.5. The van der Waals surface area contributed by atoms with E-state index >= 15 is 0 Å². The highest BCUT2D eigenvalue weighted by Crippen LogP contribution is 2.45. The Labute approximate surface area is 612 Å². The number of rotatable bonds is 77. The molecule has 0 saturated heterocycles. The van der Waals surface area contributed by atoms with Gasteiger partial charge in [0.25, 0.3) is 0 Å². The predicted molar refractivity (Wildman–Crippen MR) is 409 cm³/mol. The first-order valence-corrected chi connectivity index (χ1v) is 44.2. The Hall–Kier alpha value is -2.46. The average Bonchev–Trinajstić information content (AvgIpc) is 0.942. The molecular formula is C81H154O17P2. The van der Waals surface area contributed by atoms with Gasteiger partial charge in [0.05, 0.1) is 26.4 Å². The van der Waals surface area contributed by atoms with Crippen molar-refractivity contribution in [2.24, 2.45) is 17.8 Å². The van der Waals surface area contributed by atoms with Crippen LogP contribution in [-0.2, 0) is 65.4 Å². The van der Waals surface area contributed by atoms with Crippen LogP contribution < -0.4 is 0 Å². The maximum atomic E-state index is 13.1. The first-order valence-electron chi connectivity index (χ1n) is 41.2. The molecule has 0 aromatic carbocycles. The molecule has 0 heterocycles. The summed E-state index contributed by atoms with van der Waals surface area (Å²) >= 11 is 0. The third-order valence-corrected chi connectivity index (χ3v) is 20.5. The molecule has 3 N–H and O–H groups in total. The number of allylic oxidation sites excluding steroid dienone is 4. The quantitative estimate of drug-likeness (QED) is 0.0169. The number of aliphatic hydroxyl groups is 1. The fourth-order valence-electron chi connectivity index (χ4n) is 11.9. The van der Waals surface area contributed by atoms with Crippen LogP contribution in [0.3, 0.4) is 0 Å². The van der Waals surface area contributed by atoms with Crippen molar-refractivity contribution in [3.8, 4) is 0 Å². The van der Waals surface area contributed by atoms with Crippen molar-refractivity contribution >= 4 is 39.5 Å². The van der Waals surface area contributed by atoms with Crippen molar-refractivity contribution < 1.29 is 80.2 Å². The van der Waals surface area contributed by atoms with E-state index in [1.807, 2.05) is 0 Å². The van der Waals surface area contributed by atoms with Crippen LogP contribution in [0, 0.1) is 17.8 Å². The van der Waals surface area contributed by atoms with E-state index in [1.165, 1.54) is 186 Å². The van der Waals surface area contributed by atoms with E-state index in [1.54, 1.807) is 0 Å². The summed E-state index contributed by atoms with van der Waals surface area (Å²) < 4.78 is 68.7. The normalized spacial score (nSPS) is 14.4. The molecule has 0 aromatic rings. The number of unbranched alkanes of at least 4 members (excludes halogenated alkanes) is 41. The average molecular weight is 1460 g/mol. The summed E-state index contributed by atoms with van der Waals surface area (Å²) in [4.78, 5) is 73.0. The number of phosphoric acid groups is 2. The number of hydrogen-bond donors (Lipinski definition) is 3. The first-order chi connectivity index (χ1) is 48.3. The Morgan fingerprint density at radius 3 is 0.890 bits per heavy atom. The summed E-state index contributed by atoms with van der Waals surface area (Å²) in [5, 5.41) is 10.6. The van der Waals surface area contributed by atoms with Crippen LogP contribution in [0.4, 0.5) is 0 Å². The van der Waals surface area contributed by atoms with Gasteiger partial charge in [0.15, 0.2) is 12.2 Å². The van der Waals surface area contributed by atoms with Gasteiger partial charge in [-0.2, -0.15) is 0 Å². The monoisotopic (exact) mass is 1460 g/mol. The van der Waals surface area contributed by atoms with Crippen LogP contribution in [0.5, 0.6) is 0 Å². The second-order valence-corrected chi connectivity index (χ2v) is 32.6. The largest absolute Gasteiger partial charge is 0.472 e. The number of hydrogen-bond acceptors (Lipinski definition) is 15. The summed E-state index contributed by atoms with van der Waals surface area (Å²) in [5.74, 6) is 0.202. The number of carbonyl (C=O) groups is 4. The molecule has 17 nitrogen and oxygen atoms in total. The van der Waals surface area contributed by atoms with Gasteiger partial charge in [0.2, 0.25) is 0 Å². The SMILES string of the molecule is CCCCCC/C=C\C=C/CCCCCCCC(=O)O[C@H](COC(=O)CCCCCCCCCC(C)C)COP(=O)(O)OCC(O)COP(=O)(O)OC[C@@H](COC(=O)CCCCCCCCCCCCCCCCC(C)CC)OC(=O)CCCCCCCCCCCCCCCCC(C)C. The van der Waals surface area contributed by atoms with Gasteiger partial charge in [-0.1, -0.05) is 342 Å². The highest BCUT2D eigenvalue weighted by Gasteiger charge is 2.30. The number of phosphoric ester groups is 2. The van der Waals surface area contributed by atoms with E-state index in [2.05, 4.69) is 72.8 Å². The number of carbonyl (C=O) groups excluding carboxylic acids is 4. The summed E-state index contributed by atoms with van der Waals surface area (Å²) in [6, 6.07) is 0. The van der Waals surface area contributed by atoms with Gasteiger partial charge in [-0.15, -0.1) is 0 Å². The lowest BCUT2D eigenvalue weighted by atomic mass is 9.99. The molecule has 0 fully saturated rings. The van der Waals surface area contributed by atoms with Gasteiger partial charge in [-0.3, -0.25) is 37.3 Å². The molecule has 0 radical (unpaired) electrons. The summed E-state index contributed by atoms with van der Waals surface area (Å²) in [7, 11) is -9.93. The fraction of sp³-hybridized carbons (Fsp3) is 0.901. The van der Waals surface area contributed by atoms with Crippen molar-refractivity contribution in [2.45, 2.75) is 414 Å². The van der Waals surface area contributed by atoms with Gasteiger partial charge in [0, 0.05) is 25.7 Å². The molecule has 0 aliphatic heterocycles. The molecule has 590 valence electrons. The Morgan fingerprint density at radius 1 is 0.330 bits per heavy atom. The van der Waals surface area contributed by atoms with Gasteiger partial charge in [0.1, 0.15) is 19.3 Å². The van der Waals surface area contributed by atoms with Crippen molar-refractivity contribution in [3.05, 3.63) is 24.3 Å². The minimum atomic E-state index is -4.97. The lowest BCUT2D eigenvalue weighted by Gasteiger charge is -2.21. The topological polar surface area (TPSA) is 237 Å². The summed E-state index contributed by atoms with van der Waals surface area (Å²) in [5.41, 5.74) is 0. The van der Waals surface area contributed by atoms with E-state index in [4.69, 9.17) is 37.0 Å². The van der Waals surface area contributed by atoms with Crippen molar-refractivity contribution in [2.75, 3.05) is 39.6 Å². The second-order valence-electron chi connectivity index (χ2n) is 29.7. The van der Waals surface area contributed by atoms with E-state index in [-0.39, 0.29) is 25.7 Å². The molecule has 0 amide bonds. The van der Waals surface area contributed by atoms with Crippen LogP contribution in [0.15, 0.2) is 24.3 Å². The lowest BCUT2D eigenvalue weighted by Crippen LogP contribution is -2.30.